The maximum Gasteiger partial charge on any atom is 0.573 e. The number of hydrogen-bond donors (Lipinski definition) is 2. The van der Waals surface area contributed by atoms with E-state index in [4.69, 9.17) is 0 Å². The third-order valence-corrected chi connectivity index (χ3v) is 6.08. The van der Waals surface area contributed by atoms with Gasteiger partial charge in [-0.1, -0.05) is 18.6 Å². The monoisotopic (exact) mass is 516 g/mol. The van der Waals surface area contributed by atoms with Crippen LogP contribution in [0.4, 0.5) is 45.8 Å². The van der Waals surface area contributed by atoms with E-state index in [2.05, 4.69) is 10.1 Å². The van der Waals surface area contributed by atoms with Crippen molar-refractivity contribution in [2.24, 2.45) is 0 Å². The number of benzene rings is 1. The molecular formula is C20H16F8N2O3S. The average Bonchev–Trinajstić information content (AvgIpc) is 2.88. The molecule has 1 heterocycles. The van der Waals surface area contributed by atoms with Gasteiger partial charge in [-0.25, -0.2) is 0 Å². The van der Waals surface area contributed by atoms with Gasteiger partial charge in [-0.05, 0) is 43.4 Å². The second-order valence-corrected chi connectivity index (χ2v) is 8.40. The van der Waals surface area contributed by atoms with Gasteiger partial charge in [-0.15, -0.1) is 24.5 Å². The number of carbonyl (C=O) groups excluding carboxylic acids is 2. The van der Waals surface area contributed by atoms with Crippen molar-refractivity contribution in [1.29, 1.82) is 0 Å². The molecule has 0 aliphatic heterocycles. The lowest BCUT2D eigenvalue weighted by Gasteiger charge is -2.19. The van der Waals surface area contributed by atoms with Crippen molar-refractivity contribution >= 4 is 33.8 Å². The first-order valence-electron chi connectivity index (χ1n) is 9.77. The van der Waals surface area contributed by atoms with Crippen molar-refractivity contribution in [2.75, 3.05) is 10.6 Å². The van der Waals surface area contributed by atoms with Crippen LogP contribution in [0.25, 0.3) is 0 Å². The van der Waals surface area contributed by atoms with Crippen LogP contribution < -0.4 is 15.4 Å². The summed E-state index contributed by atoms with van der Waals surface area (Å²) in [6.45, 7) is 0. The third-order valence-electron chi connectivity index (χ3n) is 4.88. The standard InChI is InChI=1S/C20H16F8N2O3S/c21-18(22,19(23,24)25)17(32)30-16-14(10-6-2-1-3-9-13(10)34-16)15(31)29-11-7-4-5-8-12(11)33-20(26,27)28/h4-5,7-8H,1-3,6,9H2,(H,29,31)(H,30,32). The second kappa shape index (κ2) is 9.39. The molecule has 2 N–H and O–H groups in total. The zero-order valence-corrected chi connectivity index (χ0v) is 17.8. The minimum Gasteiger partial charge on any atom is -0.404 e. The number of ether oxygens (including phenoxy) is 1. The van der Waals surface area contributed by atoms with Gasteiger partial charge in [0.05, 0.1) is 11.3 Å². The predicted octanol–water partition coefficient (Wildman–Crippen LogP) is 6.30. The summed E-state index contributed by atoms with van der Waals surface area (Å²) in [6, 6.07) is 4.50. The van der Waals surface area contributed by atoms with Crippen LogP contribution in [0.15, 0.2) is 24.3 Å². The summed E-state index contributed by atoms with van der Waals surface area (Å²) in [6.07, 6.45) is -8.60. The van der Waals surface area contributed by atoms with E-state index in [1.807, 2.05) is 0 Å². The molecule has 1 aliphatic rings. The predicted molar refractivity (Wildman–Crippen MR) is 106 cm³/mol. The highest BCUT2D eigenvalue weighted by atomic mass is 32.1. The SMILES string of the molecule is O=C(Nc1ccccc1OC(F)(F)F)c1c(NC(=O)C(F)(F)C(F)(F)F)sc2c1CCCCC2. The molecule has 1 aromatic carbocycles. The van der Waals surface area contributed by atoms with Crippen LogP contribution in [-0.4, -0.2) is 30.3 Å². The molecule has 0 spiro atoms. The molecule has 0 bridgehead atoms. The lowest BCUT2D eigenvalue weighted by atomic mass is 10.0. The maximum absolute atomic E-state index is 13.5. The second-order valence-electron chi connectivity index (χ2n) is 7.29. The number of carbonyl (C=O) groups is 2. The minimum absolute atomic E-state index is 0.265. The Hall–Kier alpha value is -2.90. The van der Waals surface area contributed by atoms with Crippen molar-refractivity contribution < 1.29 is 49.4 Å². The fourth-order valence-corrected chi connectivity index (χ4v) is 4.63. The molecular weight excluding hydrogens is 500 g/mol. The summed E-state index contributed by atoms with van der Waals surface area (Å²) >= 11 is 0.679. The number of para-hydroxylation sites is 2. The normalized spacial score (nSPS) is 14.7. The highest BCUT2D eigenvalue weighted by Crippen LogP contribution is 2.41. The molecule has 186 valence electrons. The molecule has 1 aromatic heterocycles. The average molecular weight is 516 g/mol. The molecule has 5 nitrogen and oxygen atoms in total. The summed E-state index contributed by atoms with van der Waals surface area (Å²) in [5, 5.41) is 3.11. The fraction of sp³-hybridized carbons (Fsp3) is 0.400. The topological polar surface area (TPSA) is 67.4 Å². The number of halogens is 8. The van der Waals surface area contributed by atoms with Gasteiger partial charge in [0.25, 0.3) is 5.91 Å². The van der Waals surface area contributed by atoms with Gasteiger partial charge in [0.1, 0.15) is 5.00 Å². The summed E-state index contributed by atoms with van der Waals surface area (Å²) in [5.41, 5.74) is -0.467. The van der Waals surface area contributed by atoms with Crippen LogP contribution in [0.1, 0.15) is 40.1 Å². The summed E-state index contributed by atoms with van der Waals surface area (Å²) < 4.78 is 107. The number of anilines is 2. The van der Waals surface area contributed by atoms with E-state index in [-0.39, 0.29) is 12.0 Å². The number of aryl methyl sites for hydroxylation is 1. The van der Waals surface area contributed by atoms with Crippen LogP contribution in [0.5, 0.6) is 5.75 Å². The maximum atomic E-state index is 13.5. The number of thiophene rings is 1. The van der Waals surface area contributed by atoms with Crippen LogP contribution in [0.2, 0.25) is 0 Å². The van der Waals surface area contributed by atoms with Crippen molar-refractivity contribution in [3.8, 4) is 5.75 Å². The molecule has 0 fully saturated rings. The molecule has 0 saturated heterocycles. The first kappa shape index (κ1) is 25.7. The Morgan fingerprint density at radius 2 is 1.53 bits per heavy atom. The Morgan fingerprint density at radius 1 is 0.882 bits per heavy atom. The molecule has 0 saturated carbocycles. The van der Waals surface area contributed by atoms with Crippen molar-refractivity contribution in [2.45, 2.75) is 50.6 Å². The Labute approximate surface area is 191 Å². The van der Waals surface area contributed by atoms with Crippen molar-refractivity contribution in [1.82, 2.24) is 0 Å². The number of rotatable bonds is 5. The van der Waals surface area contributed by atoms with E-state index in [1.165, 1.54) is 17.4 Å². The Kier molecular flexibility index (Phi) is 7.10. The molecule has 2 aromatic rings. The molecule has 0 radical (unpaired) electrons. The Balaban J connectivity index is 1.98. The molecule has 1 aliphatic carbocycles. The third kappa shape index (κ3) is 5.59. The van der Waals surface area contributed by atoms with Gasteiger partial charge < -0.3 is 15.4 Å². The van der Waals surface area contributed by atoms with Gasteiger partial charge in [-0.3, -0.25) is 9.59 Å². The first-order valence-corrected chi connectivity index (χ1v) is 10.6. The van der Waals surface area contributed by atoms with Gasteiger partial charge in [0.2, 0.25) is 0 Å². The Bertz CT molecular complexity index is 1080. The summed E-state index contributed by atoms with van der Waals surface area (Å²) in [4.78, 5) is 25.3. The van der Waals surface area contributed by atoms with Gasteiger partial charge in [0, 0.05) is 4.88 Å². The summed E-state index contributed by atoms with van der Waals surface area (Å²) in [5.74, 6) is -10.3. The van der Waals surface area contributed by atoms with Gasteiger partial charge in [0.15, 0.2) is 5.75 Å². The molecule has 0 atom stereocenters. The molecule has 3 rings (SSSR count). The molecule has 0 unspecified atom stereocenters. The van der Waals surface area contributed by atoms with E-state index in [1.54, 1.807) is 0 Å². The summed E-state index contributed by atoms with van der Waals surface area (Å²) in [7, 11) is 0. The molecule has 2 amide bonds. The highest BCUT2D eigenvalue weighted by molar-refractivity contribution is 7.17. The number of amides is 2. The van der Waals surface area contributed by atoms with Crippen LogP contribution in [-0.2, 0) is 17.6 Å². The quantitative estimate of drug-likeness (QED) is 0.362. The van der Waals surface area contributed by atoms with E-state index in [9.17, 15) is 44.7 Å². The van der Waals surface area contributed by atoms with Gasteiger partial charge >= 0.3 is 24.4 Å². The highest BCUT2D eigenvalue weighted by Gasteiger charge is 2.63. The number of nitrogens with one attached hydrogen (secondary N) is 2. The zero-order valence-electron chi connectivity index (χ0n) is 17.0. The zero-order chi connectivity index (χ0) is 25.3. The van der Waals surface area contributed by atoms with E-state index < -0.39 is 46.7 Å². The van der Waals surface area contributed by atoms with Crippen LogP contribution in [0.3, 0.4) is 0 Å². The minimum atomic E-state index is -6.16. The van der Waals surface area contributed by atoms with Crippen LogP contribution in [0, 0.1) is 0 Å². The molecule has 34 heavy (non-hydrogen) atoms. The number of hydrogen-bond acceptors (Lipinski definition) is 4. The number of fused-ring (bicyclic) bond motifs is 1. The lowest BCUT2D eigenvalue weighted by molar-refractivity contribution is -0.274. The lowest BCUT2D eigenvalue weighted by Crippen LogP contribution is -2.47. The van der Waals surface area contributed by atoms with E-state index >= 15 is 0 Å². The fourth-order valence-electron chi connectivity index (χ4n) is 3.35. The van der Waals surface area contributed by atoms with E-state index in [0.29, 0.717) is 41.0 Å². The van der Waals surface area contributed by atoms with Crippen molar-refractivity contribution in [3.05, 3.63) is 40.3 Å². The largest absolute Gasteiger partial charge is 0.573 e. The first-order chi connectivity index (χ1) is 15.7. The van der Waals surface area contributed by atoms with Gasteiger partial charge in [-0.2, -0.15) is 22.0 Å². The van der Waals surface area contributed by atoms with E-state index in [0.717, 1.165) is 18.6 Å². The van der Waals surface area contributed by atoms with Crippen LogP contribution >= 0.6 is 11.3 Å². The number of alkyl halides is 8. The smallest absolute Gasteiger partial charge is 0.404 e. The Morgan fingerprint density at radius 3 is 2.18 bits per heavy atom. The molecule has 14 heteroatoms. The van der Waals surface area contributed by atoms with Crippen molar-refractivity contribution in [3.63, 3.8) is 0 Å².